The van der Waals surface area contributed by atoms with Gasteiger partial charge in [-0.3, -0.25) is 9.59 Å². The number of rotatable bonds is 5. The fourth-order valence-electron chi connectivity index (χ4n) is 2.79. The second-order valence-electron chi connectivity index (χ2n) is 5.79. The van der Waals surface area contributed by atoms with Gasteiger partial charge in [0.05, 0.1) is 5.92 Å². The van der Waals surface area contributed by atoms with Crippen LogP contribution in [0.5, 0.6) is 11.5 Å². The molecule has 0 aliphatic carbocycles. The van der Waals surface area contributed by atoms with Crippen LogP contribution in [0.1, 0.15) is 6.42 Å². The highest BCUT2D eigenvalue weighted by Crippen LogP contribution is 2.35. The van der Waals surface area contributed by atoms with Crippen LogP contribution in [0.25, 0.3) is 0 Å². The van der Waals surface area contributed by atoms with Gasteiger partial charge in [-0.05, 0) is 12.1 Å². The first-order chi connectivity index (χ1) is 12.0. The van der Waals surface area contributed by atoms with E-state index in [1.54, 1.807) is 18.2 Å². The van der Waals surface area contributed by atoms with Crippen LogP contribution in [0, 0.1) is 5.92 Å². The molecular weight excluding hydrogens is 335 g/mol. The van der Waals surface area contributed by atoms with Crippen LogP contribution in [-0.4, -0.2) is 55.4 Å². The zero-order valence-corrected chi connectivity index (χ0v) is 13.2. The molecule has 2 atom stereocenters. The number of carbonyl (C=O) groups excluding carboxylic acids is 2. The van der Waals surface area contributed by atoms with Crippen molar-refractivity contribution in [3.05, 3.63) is 18.2 Å². The number of fused-ring (bicyclic) bond motifs is 1. The summed E-state index contributed by atoms with van der Waals surface area (Å²) in [7, 11) is 0. The van der Waals surface area contributed by atoms with Crippen LogP contribution in [0.15, 0.2) is 18.2 Å². The van der Waals surface area contributed by atoms with Gasteiger partial charge in [-0.1, -0.05) is 0 Å². The van der Waals surface area contributed by atoms with E-state index >= 15 is 0 Å². The number of anilines is 1. The normalized spacial score (nSPS) is 20.3. The van der Waals surface area contributed by atoms with Crippen molar-refractivity contribution in [2.45, 2.75) is 12.5 Å². The number of carboxylic acids is 1. The second-order valence-corrected chi connectivity index (χ2v) is 5.79. The summed E-state index contributed by atoms with van der Waals surface area (Å²) in [5, 5.41) is 10.9. The second kappa shape index (κ2) is 6.96. The Morgan fingerprint density at radius 1 is 1.32 bits per heavy atom. The molecule has 134 valence electrons. The van der Waals surface area contributed by atoms with E-state index in [0.717, 1.165) is 0 Å². The van der Waals surface area contributed by atoms with Gasteiger partial charge in [0.1, 0.15) is 19.9 Å². The van der Waals surface area contributed by atoms with Gasteiger partial charge in [0.25, 0.3) is 0 Å². The van der Waals surface area contributed by atoms with Crippen LogP contribution in [0.4, 0.5) is 10.1 Å². The van der Waals surface area contributed by atoms with E-state index in [2.05, 4.69) is 5.32 Å². The molecule has 3 rings (SSSR count). The molecule has 8 nitrogen and oxygen atoms in total. The Bertz CT molecular complexity index is 710. The SMILES string of the molecule is O=C(NC(CF)C(=O)O)C1CC(=O)N(c2ccc3c(c2)OCCO3)C1. The lowest BCUT2D eigenvalue weighted by Gasteiger charge is -2.22. The van der Waals surface area contributed by atoms with Crippen molar-refractivity contribution in [3.63, 3.8) is 0 Å². The Hall–Kier alpha value is -2.84. The first kappa shape index (κ1) is 17.0. The van der Waals surface area contributed by atoms with Crippen molar-refractivity contribution in [2.75, 3.05) is 31.3 Å². The van der Waals surface area contributed by atoms with Gasteiger partial charge in [-0.25, -0.2) is 9.18 Å². The van der Waals surface area contributed by atoms with Crippen LogP contribution < -0.4 is 19.7 Å². The maximum absolute atomic E-state index is 12.6. The lowest BCUT2D eigenvalue weighted by molar-refractivity contribution is -0.142. The molecule has 2 aliphatic rings. The zero-order chi connectivity index (χ0) is 18.0. The molecular formula is C16H17FN2O6. The summed E-state index contributed by atoms with van der Waals surface area (Å²) in [6, 6.07) is 3.43. The standard InChI is InChI=1S/C16H17FN2O6/c17-7-11(16(22)23)18-15(21)9-5-14(20)19(8-9)10-1-2-12-13(6-10)25-4-3-24-12/h1-2,6,9,11H,3-5,7-8H2,(H,18,21)(H,22,23). The van der Waals surface area contributed by atoms with E-state index in [9.17, 15) is 18.8 Å². The van der Waals surface area contributed by atoms with Crippen molar-refractivity contribution < 1.29 is 33.4 Å². The molecule has 0 saturated carbocycles. The molecule has 1 aromatic carbocycles. The largest absolute Gasteiger partial charge is 0.486 e. The van der Waals surface area contributed by atoms with Gasteiger partial charge in [0.15, 0.2) is 17.5 Å². The zero-order valence-electron chi connectivity index (χ0n) is 13.2. The molecule has 1 saturated heterocycles. The molecule has 0 radical (unpaired) electrons. The number of halogens is 1. The van der Waals surface area contributed by atoms with E-state index in [-0.39, 0.29) is 18.9 Å². The van der Waals surface area contributed by atoms with Gasteiger partial charge in [0, 0.05) is 24.7 Å². The average molecular weight is 352 g/mol. The molecule has 0 bridgehead atoms. The van der Waals surface area contributed by atoms with Crippen molar-refractivity contribution in [2.24, 2.45) is 5.92 Å². The number of aliphatic carboxylic acids is 1. The maximum Gasteiger partial charge on any atom is 0.328 e. The van der Waals surface area contributed by atoms with Gasteiger partial charge in [0.2, 0.25) is 11.8 Å². The number of carbonyl (C=O) groups is 3. The van der Waals surface area contributed by atoms with Gasteiger partial charge in [-0.15, -0.1) is 0 Å². The molecule has 2 amide bonds. The van der Waals surface area contributed by atoms with E-state index in [1.807, 2.05) is 0 Å². The molecule has 25 heavy (non-hydrogen) atoms. The van der Waals surface area contributed by atoms with Crippen molar-refractivity contribution in [1.29, 1.82) is 0 Å². The van der Waals surface area contributed by atoms with E-state index in [1.165, 1.54) is 4.90 Å². The molecule has 0 spiro atoms. The van der Waals surface area contributed by atoms with Crippen LogP contribution in [0.3, 0.4) is 0 Å². The van der Waals surface area contributed by atoms with Crippen molar-refractivity contribution in [1.82, 2.24) is 5.32 Å². The monoisotopic (exact) mass is 352 g/mol. The minimum absolute atomic E-state index is 0.0705. The van der Waals surface area contributed by atoms with E-state index in [4.69, 9.17) is 14.6 Å². The molecule has 2 N–H and O–H groups in total. The number of hydrogen-bond donors (Lipinski definition) is 2. The van der Waals surface area contributed by atoms with Crippen molar-refractivity contribution >= 4 is 23.5 Å². The number of hydrogen-bond acceptors (Lipinski definition) is 5. The summed E-state index contributed by atoms with van der Waals surface area (Å²) in [4.78, 5) is 36.6. The van der Waals surface area contributed by atoms with Crippen LogP contribution in [-0.2, 0) is 14.4 Å². The van der Waals surface area contributed by atoms with E-state index in [0.29, 0.717) is 30.4 Å². The van der Waals surface area contributed by atoms with Crippen molar-refractivity contribution in [3.8, 4) is 11.5 Å². The first-order valence-corrected chi connectivity index (χ1v) is 7.78. The molecule has 9 heteroatoms. The summed E-state index contributed by atoms with van der Waals surface area (Å²) in [5.41, 5.74) is 0.560. The third kappa shape index (κ3) is 3.49. The highest BCUT2D eigenvalue weighted by Gasteiger charge is 2.37. The number of alkyl halides is 1. The lowest BCUT2D eigenvalue weighted by Crippen LogP contribution is -2.45. The third-order valence-corrected chi connectivity index (χ3v) is 4.10. The quantitative estimate of drug-likeness (QED) is 0.792. The molecule has 2 heterocycles. The van der Waals surface area contributed by atoms with Gasteiger partial charge >= 0.3 is 5.97 Å². The van der Waals surface area contributed by atoms with Gasteiger partial charge in [-0.2, -0.15) is 0 Å². The minimum Gasteiger partial charge on any atom is -0.486 e. The summed E-state index contributed by atoms with van der Waals surface area (Å²) in [6.07, 6.45) is -0.0705. The molecule has 2 unspecified atom stereocenters. The number of nitrogens with one attached hydrogen (secondary N) is 1. The third-order valence-electron chi connectivity index (χ3n) is 4.10. The predicted octanol–water partition coefficient (Wildman–Crippen LogP) is 0.350. The average Bonchev–Trinajstić information content (AvgIpc) is 3.00. The summed E-state index contributed by atoms with van der Waals surface area (Å²) < 4.78 is 23.5. The Morgan fingerprint density at radius 3 is 2.72 bits per heavy atom. The Morgan fingerprint density at radius 2 is 2.04 bits per heavy atom. The molecule has 2 aliphatic heterocycles. The topological polar surface area (TPSA) is 105 Å². The highest BCUT2D eigenvalue weighted by molar-refractivity contribution is 6.01. The maximum atomic E-state index is 12.6. The Kier molecular flexibility index (Phi) is 4.73. The Balaban J connectivity index is 1.70. The fourth-order valence-corrected chi connectivity index (χ4v) is 2.79. The van der Waals surface area contributed by atoms with E-state index < -0.39 is 30.5 Å². The van der Waals surface area contributed by atoms with Crippen LogP contribution in [0.2, 0.25) is 0 Å². The summed E-state index contributed by atoms with van der Waals surface area (Å²) in [6.45, 7) is -0.262. The predicted molar refractivity (Wildman–Crippen MR) is 83.4 cm³/mol. The number of amides is 2. The number of ether oxygens (including phenoxy) is 2. The first-order valence-electron chi connectivity index (χ1n) is 7.78. The minimum atomic E-state index is -1.61. The molecule has 1 aromatic rings. The number of benzene rings is 1. The number of carboxylic acid groups (broad SMARTS) is 1. The highest BCUT2D eigenvalue weighted by atomic mass is 19.1. The molecule has 1 fully saturated rings. The Labute approximate surface area is 142 Å². The van der Waals surface area contributed by atoms with Crippen LogP contribution >= 0.6 is 0 Å². The lowest BCUT2D eigenvalue weighted by atomic mass is 10.1. The summed E-state index contributed by atoms with van der Waals surface area (Å²) >= 11 is 0. The summed E-state index contributed by atoms with van der Waals surface area (Å²) in [5.74, 6) is -2.02. The number of nitrogens with zero attached hydrogens (tertiary/aromatic N) is 1. The van der Waals surface area contributed by atoms with Gasteiger partial charge < -0.3 is 24.8 Å². The molecule has 0 aromatic heterocycles. The fraction of sp³-hybridized carbons (Fsp3) is 0.438. The smallest absolute Gasteiger partial charge is 0.328 e.